The Kier molecular flexibility index (Phi) is 7.86. The van der Waals surface area contributed by atoms with E-state index in [1.165, 1.54) is 7.11 Å². The summed E-state index contributed by atoms with van der Waals surface area (Å²) in [5.41, 5.74) is 1.03. The number of benzene rings is 2. The van der Waals surface area contributed by atoms with Crippen molar-refractivity contribution >= 4 is 11.9 Å². The maximum atomic E-state index is 12.1. The van der Waals surface area contributed by atoms with Crippen LogP contribution in [0.3, 0.4) is 0 Å². The van der Waals surface area contributed by atoms with Crippen LogP contribution in [0.25, 0.3) is 0 Å². The normalized spacial score (nSPS) is 11.0. The molecule has 0 aliphatic heterocycles. The van der Waals surface area contributed by atoms with E-state index in [2.05, 4.69) is 5.32 Å². The van der Waals surface area contributed by atoms with Gasteiger partial charge >= 0.3 is 5.97 Å². The molecule has 1 N–H and O–H groups in total. The first-order valence-electron chi connectivity index (χ1n) is 8.77. The Hall–Kier alpha value is -3.73. The Morgan fingerprint density at radius 2 is 1.83 bits per heavy atom. The Bertz CT molecular complexity index is 906. The zero-order valence-electron chi connectivity index (χ0n) is 16.4. The molecule has 2 aromatic carbocycles. The molecule has 0 spiro atoms. The molecule has 1 atom stereocenters. The Balaban J connectivity index is 1.85. The number of hydrogen-bond donors (Lipinski definition) is 1. The minimum Gasteiger partial charge on any atom is -0.497 e. The number of nitrogens with one attached hydrogen (secondary N) is 1. The average molecular weight is 398 g/mol. The van der Waals surface area contributed by atoms with Gasteiger partial charge in [0, 0.05) is 5.56 Å². The molecule has 0 aliphatic rings. The summed E-state index contributed by atoms with van der Waals surface area (Å²) in [6, 6.07) is 13.3. The molecule has 2 rings (SSSR count). The third-order valence-corrected chi connectivity index (χ3v) is 4.00. The summed E-state index contributed by atoms with van der Waals surface area (Å²) in [4.78, 5) is 23.9. The van der Waals surface area contributed by atoms with Crippen LogP contribution in [0.2, 0.25) is 0 Å². The van der Waals surface area contributed by atoms with Gasteiger partial charge < -0.3 is 24.3 Å². The van der Waals surface area contributed by atoms with Crippen molar-refractivity contribution in [2.24, 2.45) is 0 Å². The molecule has 0 saturated carbocycles. The summed E-state index contributed by atoms with van der Waals surface area (Å²) in [7, 11) is 3.08. The third-order valence-electron chi connectivity index (χ3n) is 4.00. The second kappa shape index (κ2) is 10.6. The van der Waals surface area contributed by atoms with Crippen LogP contribution in [0.15, 0.2) is 42.5 Å². The van der Waals surface area contributed by atoms with Crippen LogP contribution < -0.4 is 19.5 Å². The molecule has 8 nitrogen and oxygen atoms in total. The fourth-order valence-electron chi connectivity index (χ4n) is 2.55. The number of para-hydroxylation sites is 1. The van der Waals surface area contributed by atoms with E-state index in [4.69, 9.17) is 24.2 Å². The highest BCUT2D eigenvalue weighted by Gasteiger charge is 2.17. The molecule has 2 aromatic rings. The van der Waals surface area contributed by atoms with Crippen LogP contribution in [-0.4, -0.2) is 39.3 Å². The maximum absolute atomic E-state index is 12.1. The van der Waals surface area contributed by atoms with E-state index < -0.39 is 31.1 Å². The van der Waals surface area contributed by atoms with Crippen LogP contribution in [0.4, 0.5) is 0 Å². The fourth-order valence-corrected chi connectivity index (χ4v) is 2.55. The first-order chi connectivity index (χ1) is 14.0. The van der Waals surface area contributed by atoms with Gasteiger partial charge in [0.2, 0.25) is 0 Å². The Labute approximate surface area is 168 Å². The van der Waals surface area contributed by atoms with Gasteiger partial charge in [0.1, 0.15) is 23.3 Å². The molecule has 0 aromatic heterocycles. The standard InChI is InChI=1S/C21H22N2O6/c1-14(17-10-16(26-2)8-9-19(17)27-3)23-20(24)12-29-21(25)13-28-18-7-5-4-6-15(18)11-22/h4-10,14H,12-13H2,1-3H3,(H,23,24)/t14-/m1/s1. The van der Waals surface area contributed by atoms with Gasteiger partial charge in [0.05, 0.1) is 25.8 Å². The second-order valence-corrected chi connectivity index (χ2v) is 5.95. The van der Waals surface area contributed by atoms with Crippen molar-refractivity contribution < 1.29 is 28.5 Å². The second-order valence-electron chi connectivity index (χ2n) is 5.95. The van der Waals surface area contributed by atoms with Gasteiger partial charge in [0.25, 0.3) is 5.91 Å². The van der Waals surface area contributed by atoms with Gasteiger partial charge in [-0.25, -0.2) is 4.79 Å². The highest BCUT2D eigenvalue weighted by Crippen LogP contribution is 2.29. The number of hydrogen-bond acceptors (Lipinski definition) is 7. The summed E-state index contributed by atoms with van der Waals surface area (Å²) in [6.07, 6.45) is 0. The van der Waals surface area contributed by atoms with Crippen LogP contribution in [0.5, 0.6) is 17.2 Å². The van der Waals surface area contributed by atoms with Crippen LogP contribution in [0.1, 0.15) is 24.1 Å². The monoisotopic (exact) mass is 398 g/mol. The zero-order valence-corrected chi connectivity index (χ0v) is 16.4. The van der Waals surface area contributed by atoms with Crippen LogP contribution in [0, 0.1) is 11.3 Å². The lowest BCUT2D eigenvalue weighted by Gasteiger charge is -2.18. The van der Waals surface area contributed by atoms with E-state index in [1.807, 2.05) is 6.07 Å². The molecule has 0 aliphatic carbocycles. The summed E-state index contributed by atoms with van der Waals surface area (Å²) >= 11 is 0. The number of methoxy groups -OCH3 is 2. The van der Waals surface area contributed by atoms with Crippen molar-refractivity contribution in [3.8, 4) is 23.3 Å². The van der Waals surface area contributed by atoms with Crippen LogP contribution in [-0.2, 0) is 14.3 Å². The first-order valence-corrected chi connectivity index (χ1v) is 8.77. The lowest BCUT2D eigenvalue weighted by molar-refractivity contribution is -0.150. The van der Waals surface area contributed by atoms with Gasteiger partial charge in [-0.15, -0.1) is 0 Å². The van der Waals surface area contributed by atoms with Gasteiger partial charge in [-0.2, -0.15) is 5.26 Å². The quantitative estimate of drug-likeness (QED) is 0.646. The number of carbonyl (C=O) groups excluding carboxylic acids is 2. The van der Waals surface area contributed by atoms with Gasteiger partial charge in [0.15, 0.2) is 13.2 Å². The number of rotatable bonds is 9. The van der Waals surface area contributed by atoms with Crippen molar-refractivity contribution in [1.82, 2.24) is 5.32 Å². The van der Waals surface area contributed by atoms with E-state index in [1.54, 1.807) is 56.5 Å². The topological polar surface area (TPSA) is 107 Å². The van der Waals surface area contributed by atoms with Gasteiger partial charge in [-0.05, 0) is 37.3 Å². The SMILES string of the molecule is COc1ccc(OC)c([C@@H](C)NC(=O)COC(=O)COc2ccccc2C#N)c1. The summed E-state index contributed by atoms with van der Waals surface area (Å²) < 4.78 is 20.7. The summed E-state index contributed by atoms with van der Waals surface area (Å²) in [6.45, 7) is 0.906. The lowest BCUT2D eigenvalue weighted by atomic mass is 10.1. The Morgan fingerprint density at radius 1 is 1.07 bits per heavy atom. The minimum atomic E-state index is -0.723. The summed E-state index contributed by atoms with van der Waals surface area (Å²) in [5, 5.41) is 11.7. The van der Waals surface area contributed by atoms with E-state index in [0.29, 0.717) is 17.1 Å². The molecule has 0 heterocycles. The predicted octanol–water partition coefficient (Wildman–Crippen LogP) is 2.37. The molecule has 0 unspecified atom stereocenters. The number of esters is 1. The van der Waals surface area contributed by atoms with Crippen molar-refractivity contribution in [2.45, 2.75) is 13.0 Å². The van der Waals surface area contributed by atoms with Crippen molar-refractivity contribution in [1.29, 1.82) is 5.26 Å². The molecule has 1 amide bonds. The number of nitriles is 1. The minimum absolute atomic E-state index is 0.273. The maximum Gasteiger partial charge on any atom is 0.344 e. The fraction of sp³-hybridized carbons (Fsp3) is 0.286. The third kappa shape index (κ3) is 6.14. The molecule has 0 saturated heterocycles. The molecule has 29 heavy (non-hydrogen) atoms. The molecule has 152 valence electrons. The van der Waals surface area contributed by atoms with E-state index in [0.717, 1.165) is 5.56 Å². The van der Waals surface area contributed by atoms with Crippen molar-refractivity contribution in [3.05, 3.63) is 53.6 Å². The number of ether oxygens (including phenoxy) is 4. The number of amides is 1. The van der Waals surface area contributed by atoms with E-state index >= 15 is 0 Å². The van der Waals surface area contributed by atoms with Crippen molar-refractivity contribution in [3.63, 3.8) is 0 Å². The highest BCUT2D eigenvalue weighted by molar-refractivity contribution is 5.81. The summed E-state index contributed by atoms with van der Waals surface area (Å²) in [5.74, 6) is 0.297. The van der Waals surface area contributed by atoms with Gasteiger partial charge in [-0.1, -0.05) is 12.1 Å². The largest absolute Gasteiger partial charge is 0.497 e. The number of nitrogens with zero attached hydrogens (tertiary/aromatic N) is 1. The van der Waals surface area contributed by atoms with E-state index in [9.17, 15) is 9.59 Å². The molecule has 0 radical (unpaired) electrons. The highest BCUT2D eigenvalue weighted by atomic mass is 16.6. The lowest BCUT2D eigenvalue weighted by Crippen LogP contribution is -2.32. The zero-order chi connectivity index (χ0) is 21.2. The van der Waals surface area contributed by atoms with Crippen LogP contribution >= 0.6 is 0 Å². The average Bonchev–Trinajstić information content (AvgIpc) is 2.75. The first kappa shape index (κ1) is 21.6. The number of carbonyl (C=O) groups is 2. The predicted molar refractivity (Wildman–Crippen MR) is 104 cm³/mol. The molecular weight excluding hydrogens is 376 g/mol. The Morgan fingerprint density at radius 3 is 2.52 bits per heavy atom. The molecule has 0 bridgehead atoms. The molecular formula is C21H22N2O6. The van der Waals surface area contributed by atoms with Crippen molar-refractivity contribution in [2.75, 3.05) is 27.4 Å². The smallest absolute Gasteiger partial charge is 0.344 e. The molecule has 8 heteroatoms. The van der Waals surface area contributed by atoms with Gasteiger partial charge in [-0.3, -0.25) is 4.79 Å². The molecule has 0 fully saturated rings. The van der Waals surface area contributed by atoms with E-state index in [-0.39, 0.29) is 5.75 Å².